The van der Waals surface area contributed by atoms with Gasteiger partial charge in [-0.15, -0.1) is 0 Å². The molecule has 170 valence electrons. The van der Waals surface area contributed by atoms with Gasteiger partial charge in [0.1, 0.15) is 23.5 Å². The van der Waals surface area contributed by atoms with Gasteiger partial charge in [-0.3, -0.25) is 14.3 Å². The molecule has 3 aromatic heterocycles. The number of anilines is 4. The van der Waals surface area contributed by atoms with Crippen LogP contribution in [0.15, 0.2) is 61.2 Å². The molecule has 0 aliphatic carbocycles. The van der Waals surface area contributed by atoms with E-state index in [0.717, 1.165) is 11.8 Å². The Labute approximate surface area is 194 Å². The number of rotatable bonds is 7. The second kappa shape index (κ2) is 9.76. The Morgan fingerprint density at radius 2 is 1.91 bits per heavy atom. The third-order valence-electron chi connectivity index (χ3n) is 4.79. The number of nitrogens with one attached hydrogen (secondary N) is 3. The molecule has 4 rings (SSSR count). The maximum atomic E-state index is 13.2. The van der Waals surface area contributed by atoms with Crippen LogP contribution >= 0.6 is 0 Å². The Morgan fingerprint density at radius 3 is 2.59 bits per heavy atom. The minimum atomic E-state index is -0.536. The smallest absolute Gasteiger partial charge is 0.278 e. The summed E-state index contributed by atoms with van der Waals surface area (Å²) in [7, 11) is 3.11. The molecular weight excluding hydrogens is 439 g/mol. The van der Waals surface area contributed by atoms with E-state index in [4.69, 9.17) is 4.84 Å². The Hall–Kier alpha value is -4.82. The largest absolute Gasteiger partial charge is 0.354 e. The normalized spacial score (nSPS) is 10.4. The zero-order chi connectivity index (χ0) is 24.1. The molecule has 0 saturated heterocycles. The predicted octanol–water partition coefficient (Wildman–Crippen LogP) is 3.67. The van der Waals surface area contributed by atoms with Crippen molar-refractivity contribution in [2.75, 3.05) is 17.7 Å². The van der Waals surface area contributed by atoms with E-state index in [1.165, 1.54) is 25.4 Å². The summed E-state index contributed by atoms with van der Waals surface area (Å²) in [6.07, 6.45) is 5.90. The maximum Gasteiger partial charge on any atom is 0.278 e. The fraction of sp³-hybridized carbons (Fsp3) is 0.0870. The SMILES string of the molecule is CONC(=O)c1cnc(Nc2ccc(F)cn2)cc1Nc1cccc(-c2cnn(C)c2)c1C#N. The molecule has 1 amide bonds. The molecule has 11 heteroatoms. The molecule has 0 aliphatic heterocycles. The summed E-state index contributed by atoms with van der Waals surface area (Å²) in [5.74, 6) is -0.293. The molecule has 10 nitrogen and oxygen atoms in total. The Morgan fingerprint density at radius 1 is 1.09 bits per heavy atom. The first-order valence-corrected chi connectivity index (χ1v) is 9.99. The topological polar surface area (TPSA) is 130 Å². The summed E-state index contributed by atoms with van der Waals surface area (Å²) in [5.41, 5.74) is 5.11. The van der Waals surface area contributed by atoms with E-state index < -0.39 is 11.7 Å². The highest BCUT2D eigenvalue weighted by atomic mass is 19.1. The molecule has 4 aromatic rings. The van der Waals surface area contributed by atoms with Crippen LogP contribution in [0.4, 0.5) is 27.4 Å². The van der Waals surface area contributed by atoms with Gasteiger partial charge in [0.05, 0.1) is 42.0 Å². The molecule has 0 spiro atoms. The number of hydroxylamine groups is 1. The number of pyridine rings is 2. The van der Waals surface area contributed by atoms with Gasteiger partial charge in [-0.25, -0.2) is 19.8 Å². The minimum absolute atomic E-state index is 0.176. The zero-order valence-electron chi connectivity index (χ0n) is 18.2. The highest BCUT2D eigenvalue weighted by Gasteiger charge is 2.17. The predicted molar refractivity (Wildman–Crippen MR) is 123 cm³/mol. The summed E-state index contributed by atoms with van der Waals surface area (Å²) in [6, 6.07) is 11.9. The minimum Gasteiger partial charge on any atom is -0.354 e. The van der Waals surface area contributed by atoms with Gasteiger partial charge in [0.25, 0.3) is 5.91 Å². The molecule has 34 heavy (non-hydrogen) atoms. The number of carbonyl (C=O) groups excluding carboxylic acids is 1. The van der Waals surface area contributed by atoms with Crippen LogP contribution in [0.1, 0.15) is 15.9 Å². The van der Waals surface area contributed by atoms with Crippen LogP contribution in [0.2, 0.25) is 0 Å². The number of nitriles is 1. The second-order valence-corrected chi connectivity index (χ2v) is 7.10. The molecule has 3 N–H and O–H groups in total. The lowest BCUT2D eigenvalue weighted by Crippen LogP contribution is -2.23. The number of nitrogens with zero attached hydrogens (tertiary/aromatic N) is 5. The molecule has 0 aliphatic rings. The molecule has 3 heterocycles. The van der Waals surface area contributed by atoms with Gasteiger partial charge in [-0.1, -0.05) is 12.1 Å². The van der Waals surface area contributed by atoms with E-state index in [0.29, 0.717) is 34.1 Å². The van der Waals surface area contributed by atoms with Crippen molar-refractivity contribution < 1.29 is 14.0 Å². The number of amides is 1. The highest BCUT2D eigenvalue weighted by molar-refractivity contribution is 6.00. The van der Waals surface area contributed by atoms with Crippen LogP contribution < -0.4 is 16.1 Å². The van der Waals surface area contributed by atoms with Crippen molar-refractivity contribution in [2.45, 2.75) is 0 Å². The average Bonchev–Trinajstić information content (AvgIpc) is 3.27. The van der Waals surface area contributed by atoms with Crippen LogP contribution in [0.25, 0.3) is 11.1 Å². The first kappa shape index (κ1) is 22.4. The van der Waals surface area contributed by atoms with Crippen LogP contribution in [-0.2, 0) is 11.9 Å². The highest BCUT2D eigenvalue weighted by Crippen LogP contribution is 2.32. The average molecular weight is 458 g/mol. The first-order chi connectivity index (χ1) is 16.5. The fourth-order valence-corrected chi connectivity index (χ4v) is 3.26. The van der Waals surface area contributed by atoms with Crippen molar-refractivity contribution in [2.24, 2.45) is 7.05 Å². The number of hydrogen-bond donors (Lipinski definition) is 3. The van der Waals surface area contributed by atoms with Gasteiger partial charge >= 0.3 is 0 Å². The van der Waals surface area contributed by atoms with Crippen LogP contribution in [0.5, 0.6) is 0 Å². The standard InChI is InChI=1S/C23H19FN8O2/c1-32-13-14(10-28-32)16-4-3-5-19(17(16)9-25)29-20-8-22(27-12-18(20)23(33)31-34-2)30-21-7-6-15(24)11-26-21/h3-8,10-13H,1-2H3,(H,31,33)(H2,26,27,29,30). The molecule has 0 saturated carbocycles. The van der Waals surface area contributed by atoms with E-state index in [-0.39, 0.29) is 5.56 Å². The van der Waals surface area contributed by atoms with Crippen molar-refractivity contribution in [3.63, 3.8) is 0 Å². The lowest BCUT2D eigenvalue weighted by molar-refractivity contribution is 0.0538. The lowest BCUT2D eigenvalue weighted by Gasteiger charge is -2.15. The monoisotopic (exact) mass is 458 g/mol. The van der Waals surface area contributed by atoms with E-state index in [1.54, 1.807) is 36.1 Å². The Bertz CT molecular complexity index is 1380. The molecule has 0 atom stereocenters. The number of aromatic nitrogens is 4. The zero-order valence-corrected chi connectivity index (χ0v) is 18.2. The number of carbonyl (C=O) groups is 1. The van der Waals surface area contributed by atoms with E-state index in [9.17, 15) is 14.4 Å². The fourth-order valence-electron chi connectivity index (χ4n) is 3.26. The van der Waals surface area contributed by atoms with Crippen LogP contribution in [0.3, 0.4) is 0 Å². The molecule has 0 radical (unpaired) electrons. The lowest BCUT2D eigenvalue weighted by atomic mass is 10.0. The number of aryl methyl sites for hydroxylation is 1. The third-order valence-corrected chi connectivity index (χ3v) is 4.79. The maximum absolute atomic E-state index is 13.2. The van der Waals surface area contributed by atoms with Crippen molar-refractivity contribution in [1.82, 2.24) is 25.2 Å². The molecule has 1 aromatic carbocycles. The number of hydrogen-bond acceptors (Lipinski definition) is 8. The summed E-state index contributed by atoms with van der Waals surface area (Å²) in [4.78, 5) is 25.5. The Kier molecular flexibility index (Phi) is 6.42. The van der Waals surface area contributed by atoms with Crippen molar-refractivity contribution in [3.8, 4) is 17.2 Å². The molecule has 0 unspecified atom stereocenters. The summed E-state index contributed by atoms with van der Waals surface area (Å²) in [6.45, 7) is 0. The van der Waals surface area contributed by atoms with Gasteiger partial charge in [-0.05, 0) is 18.2 Å². The van der Waals surface area contributed by atoms with Crippen molar-refractivity contribution in [1.29, 1.82) is 5.26 Å². The van der Waals surface area contributed by atoms with Crippen LogP contribution in [-0.4, -0.2) is 32.8 Å². The van der Waals surface area contributed by atoms with E-state index in [1.807, 2.05) is 12.3 Å². The van der Waals surface area contributed by atoms with Gasteiger partial charge in [0, 0.05) is 36.6 Å². The summed E-state index contributed by atoms with van der Waals surface area (Å²) in [5, 5.41) is 20.2. The summed E-state index contributed by atoms with van der Waals surface area (Å²) < 4.78 is 14.8. The van der Waals surface area contributed by atoms with E-state index >= 15 is 0 Å². The van der Waals surface area contributed by atoms with Gasteiger partial charge in [-0.2, -0.15) is 10.4 Å². The van der Waals surface area contributed by atoms with Crippen molar-refractivity contribution in [3.05, 3.63) is 78.1 Å². The third kappa shape index (κ3) is 4.82. The number of benzene rings is 1. The van der Waals surface area contributed by atoms with Crippen molar-refractivity contribution >= 4 is 28.9 Å². The van der Waals surface area contributed by atoms with Gasteiger partial charge in [0.15, 0.2) is 0 Å². The second-order valence-electron chi connectivity index (χ2n) is 7.10. The van der Waals surface area contributed by atoms with Gasteiger partial charge in [0.2, 0.25) is 0 Å². The Balaban J connectivity index is 1.74. The molecule has 0 fully saturated rings. The number of halogens is 1. The summed E-state index contributed by atoms with van der Waals surface area (Å²) >= 11 is 0. The van der Waals surface area contributed by atoms with Gasteiger partial charge < -0.3 is 10.6 Å². The molecule has 0 bridgehead atoms. The van der Waals surface area contributed by atoms with Crippen LogP contribution in [0, 0.1) is 17.1 Å². The first-order valence-electron chi connectivity index (χ1n) is 9.99. The quantitative estimate of drug-likeness (QED) is 0.358. The van der Waals surface area contributed by atoms with E-state index in [2.05, 4.69) is 37.2 Å². The molecular formula is C23H19FN8O2.